The lowest BCUT2D eigenvalue weighted by Gasteiger charge is -2.09. The first-order valence-electron chi connectivity index (χ1n) is 6.15. The number of halogens is 3. The van der Waals surface area contributed by atoms with Gasteiger partial charge in [-0.15, -0.1) is 0 Å². The fourth-order valence-electron chi connectivity index (χ4n) is 1.83. The summed E-state index contributed by atoms with van der Waals surface area (Å²) in [5.41, 5.74) is 5.41. The molecule has 110 valence electrons. The van der Waals surface area contributed by atoms with Gasteiger partial charge in [-0.2, -0.15) is 0 Å². The van der Waals surface area contributed by atoms with E-state index in [1.807, 2.05) is 0 Å². The van der Waals surface area contributed by atoms with Crippen molar-refractivity contribution in [2.75, 3.05) is 12.3 Å². The summed E-state index contributed by atoms with van der Waals surface area (Å²) < 4.78 is 44.8. The van der Waals surface area contributed by atoms with Crippen LogP contribution in [0.3, 0.4) is 0 Å². The lowest BCUT2D eigenvalue weighted by atomic mass is 10.0. The van der Waals surface area contributed by atoms with Crippen molar-refractivity contribution in [2.45, 2.75) is 6.92 Å². The van der Waals surface area contributed by atoms with Crippen molar-refractivity contribution in [3.63, 3.8) is 0 Å². The van der Waals surface area contributed by atoms with E-state index in [9.17, 15) is 18.0 Å². The van der Waals surface area contributed by atoms with Gasteiger partial charge < -0.3 is 10.5 Å². The molecule has 0 atom stereocenters. The summed E-state index contributed by atoms with van der Waals surface area (Å²) in [6.45, 7) is 2.17. The summed E-state index contributed by atoms with van der Waals surface area (Å²) in [5.74, 6) is -4.18. The number of carbonyl (C=O) groups excluding carboxylic acids is 1. The van der Waals surface area contributed by atoms with Gasteiger partial charge in [-0.3, -0.25) is 4.79 Å². The molecule has 6 heteroatoms. The first-order chi connectivity index (χ1) is 9.93. The molecule has 2 aromatic carbocycles. The molecule has 2 aromatic rings. The highest BCUT2D eigenvalue weighted by Crippen LogP contribution is 2.25. The highest BCUT2D eigenvalue weighted by Gasteiger charge is 2.18. The molecular formula is C15H12F3NO2. The van der Waals surface area contributed by atoms with E-state index in [0.29, 0.717) is 24.5 Å². The van der Waals surface area contributed by atoms with Gasteiger partial charge in [-0.25, -0.2) is 13.2 Å². The number of hydrogen-bond donors (Lipinski definition) is 1. The van der Waals surface area contributed by atoms with Crippen LogP contribution in [0.15, 0.2) is 30.3 Å². The molecule has 0 fully saturated rings. The van der Waals surface area contributed by atoms with E-state index >= 15 is 0 Å². The summed E-state index contributed by atoms with van der Waals surface area (Å²) in [7, 11) is 0. The van der Waals surface area contributed by atoms with Crippen LogP contribution in [0.5, 0.6) is 5.75 Å². The molecule has 0 saturated carbocycles. The zero-order chi connectivity index (χ0) is 15.6. The van der Waals surface area contributed by atoms with E-state index in [0.717, 1.165) is 0 Å². The summed E-state index contributed by atoms with van der Waals surface area (Å²) >= 11 is 0. The van der Waals surface area contributed by atoms with Crippen LogP contribution in [0.25, 0.3) is 0 Å². The molecule has 2 rings (SSSR count). The number of ether oxygens (including phenoxy) is 1. The minimum atomic E-state index is -1.35. The van der Waals surface area contributed by atoms with Crippen molar-refractivity contribution in [1.29, 1.82) is 0 Å². The van der Waals surface area contributed by atoms with Gasteiger partial charge >= 0.3 is 0 Å². The minimum absolute atomic E-state index is 0.0564. The van der Waals surface area contributed by atoms with Crippen molar-refractivity contribution in [1.82, 2.24) is 0 Å². The van der Waals surface area contributed by atoms with Crippen LogP contribution in [0.1, 0.15) is 22.8 Å². The van der Waals surface area contributed by atoms with Gasteiger partial charge in [-0.05, 0) is 31.2 Å². The lowest BCUT2D eigenvalue weighted by molar-refractivity contribution is 0.103. The number of benzene rings is 2. The van der Waals surface area contributed by atoms with Gasteiger partial charge in [0.2, 0.25) is 0 Å². The second-order valence-corrected chi connectivity index (χ2v) is 4.26. The van der Waals surface area contributed by atoms with Crippen LogP contribution in [0.4, 0.5) is 18.9 Å². The van der Waals surface area contributed by atoms with Gasteiger partial charge in [0.25, 0.3) is 0 Å². The Morgan fingerprint density at radius 3 is 2.38 bits per heavy atom. The van der Waals surface area contributed by atoms with Crippen LogP contribution < -0.4 is 10.5 Å². The minimum Gasteiger partial charge on any atom is -0.492 e. The molecule has 3 nitrogen and oxygen atoms in total. The number of anilines is 1. The Kier molecular flexibility index (Phi) is 4.16. The fourth-order valence-corrected chi connectivity index (χ4v) is 1.83. The van der Waals surface area contributed by atoms with Crippen molar-refractivity contribution in [3.8, 4) is 5.75 Å². The second kappa shape index (κ2) is 5.87. The normalized spacial score (nSPS) is 10.5. The fraction of sp³-hybridized carbons (Fsp3) is 0.133. The van der Waals surface area contributed by atoms with Crippen LogP contribution in [0.2, 0.25) is 0 Å². The molecule has 0 unspecified atom stereocenters. The van der Waals surface area contributed by atoms with Gasteiger partial charge in [0, 0.05) is 11.6 Å². The summed E-state index contributed by atoms with van der Waals surface area (Å²) in [6.07, 6.45) is 0. The average Bonchev–Trinajstić information content (AvgIpc) is 2.44. The van der Waals surface area contributed by atoms with E-state index in [2.05, 4.69) is 0 Å². The predicted octanol–water partition coefficient (Wildman–Crippen LogP) is 3.32. The molecule has 0 heterocycles. The summed E-state index contributed by atoms with van der Waals surface area (Å²) in [4.78, 5) is 12.1. The van der Waals surface area contributed by atoms with Crippen molar-refractivity contribution in [3.05, 3.63) is 58.9 Å². The molecule has 0 saturated heterocycles. The molecule has 0 amide bonds. The van der Waals surface area contributed by atoms with E-state index in [1.165, 1.54) is 18.2 Å². The van der Waals surface area contributed by atoms with Crippen LogP contribution in [-0.2, 0) is 0 Å². The monoisotopic (exact) mass is 295 g/mol. The largest absolute Gasteiger partial charge is 0.492 e. The Morgan fingerprint density at radius 1 is 1.10 bits per heavy atom. The third-order valence-corrected chi connectivity index (χ3v) is 2.83. The first kappa shape index (κ1) is 14.9. The van der Waals surface area contributed by atoms with Crippen LogP contribution in [-0.4, -0.2) is 12.4 Å². The number of carbonyl (C=O) groups is 1. The standard InChI is InChI=1S/C15H12F3NO2/c1-2-21-14-4-3-8(5-13(14)19)15(20)9-6-11(17)12(18)7-10(9)16/h3-7H,2,19H2,1H3. The average molecular weight is 295 g/mol. The molecular weight excluding hydrogens is 283 g/mol. The quantitative estimate of drug-likeness (QED) is 0.535. The number of nitrogens with two attached hydrogens (primary N) is 1. The lowest BCUT2D eigenvalue weighted by Crippen LogP contribution is -2.07. The summed E-state index contributed by atoms with van der Waals surface area (Å²) in [5, 5.41) is 0. The number of ketones is 1. The van der Waals surface area contributed by atoms with E-state index in [4.69, 9.17) is 10.5 Å². The Hall–Kier alpha value is -2.50. The zero-order valence-electron chi connectivity index (χ0n) is 11.1. The maximum absolute atomic E-state index is 13.6. The third-order valence-electron chi connectivity index (χ3n) is 2.83. The highest BCUT2D eigenvalue weighted by atomic mass is 19.2. The van der Waals surface area contributed by atoms with Crippen LogP contribution in [0, 0.1) is 17.5 Å². The second-order valence-electron chi connectivity index (χ2n) is 4.26. The van der Waals surface area contributed by atoms with Gasteiger partial charge in [0.05, 0.1) is 17.9 Å². The van der Waals surface area contributed by atoms with E-state index in [1.54, 1.807) is 6.92 Å². The van der Waals surface area contributed by atoms with Gasteiger partial charge in [-0.1, -0.05) is 0 Å². The molecule has 0 aliphatic heterocycles. The zero-order valence-corrected chi connectivity index (χ0v) is 11.1. The first-order valence-corrected chi connectivity index (χ1v) is 6.15. The molecule has 0 aliphatic carbocycles. The maximum atomic E-state index is 13.6. The van der Waals surface area contributed by atoms with Crippen molar-refractivity contribution in [2.24, 2.45) is 0 Å². The Balaban J connectivity index is 2.41. The summed E-state index contributed by atoms with van der Waals surface area (Å²) in [6, 6.07) is 5.00. The number of rotatable bonds is 4. The molecule has 0 spiro atoms. The van der Waals surface area contributed by atoms with E-state index < -0.39 is 28.8 Å². The van der Waals surface area contributed by atoms with E-state index in [-0.39, 0.29) is 11.3 Å². The smallest absolute Gasteiger partial charge is 0.196 e. The molecule has 0 bridgehead atoms. The highest BCUT2D eigenvalue weighted by molar-refractivity contribution is 6.09. The number of nitrogen functional groups attached to an aromatic ring is 1. The Bertz CT molecular complexity index is 702. The van der Waals surface area contributed by atoms with Crippen molar-refractivity contribution < 1.29 is 22.7 Å². The molecule has 0 aromatic heterocycles. The van der Waals surface area contributed by atoms with Crippen LogP contribution >= 0.6 is 0 Å². The predicted molar refractivity (Wildman–Crippen MR) is 71.8 cm³/mol. The topological polar surface area (TPSA) is 52.3 Å². The molecule has 0 aliphatic rings. The van der Waals surface area contributed by atoms with Gasteiger partial charge in [0.15, 0.2) is 17.4 Å². The Morgan fingerprint density at radius 2 is 1.76 bits per heavy atom. The molecule has 21 heavy (non-hydrogen) atoms. The molecule has 2 N–H and O–H groups in total. The van der Waals surface area contributed by atoms with Gasteiger partial charge in [0.1, 0.15) is 11.6 Å². The number of hydrogen-bond acceptors (Lipinski definition) is 3. The molecule has 0 radical (unpaired) electrons. The SMILES string of the molecule is CCOc1ccc(C(=O)c2cc(F)c(F)cc2F)cc1N. The maximum Gasteiger partial charge on any atom is 0.196 e. The Labute approximate surface area is 119 Å². The third kappa shape index (κ3) is 2.99. The van der Waals surface area contributed by atoms with Crippen molar-refractivity contribution >= 4 is 11.5 Å².